The molecule has 0 bridgehead atoms. The molecule has 0 aliphatic carbocycles. The first kappa shape index (κ1) is 31.8. The highest BCUT2D eigenvalue weighted by Crippen LogP contribution is 2.22. The molecule has 0 saturated heterocycles. The average Bonchev–Trinajstić information content (AvgIpc) is 2.98. The van der Waals surface area contributed by atoms with Gasteiger partial charge in [0.2, 0.25) is 0 Å². The molecule has 0 radical (unpaired) electrons. The Bertz CT molecular complexity index is 1140. The zero-order chi connectivity index (χ0) is 28.0. The number of pyridine rings is 1. The molecule has 0 unspecified atom stereocenters. The number of nitrogens with one attached hydrogen (secondary N) is 1. The molecular weight excluding hydrogens is 476 g/mol. The molecule has 38 heavy (non-hydrogen) atoms. The van der Waals surface area contributed by atoms with Crippen LogP contribution < -0.4 is 10.1 Å². The van der Waals surface area contributed by atoms with E-state index in [1.807, 2.05) is 93.6 Å². The van der Waals surface area contributed by atoms with Crippen LogP contribution in [0.2, 0.25) is 0 Å². The fourth-order valence-electron chi connectivity index (χ4n) is 2.76. The lowest BCUT2D eigenvalue weighted by Gasteiger charge is -2.08. The molecule has 4 rings (SSSR count). The number of nitrogens with zero attached hydrogens (tertiary/aromatic N) is 3. The largest absolute Gasteiger partial charge is 0.489 e. The van der Waals surface area contributed by atoms with Gasteiger partial charge >= 0.3 is 5.97 Å². The van der Waals surface area contributed by atoms with E-state index in [0.717, 1.165) is 28.3 Å². The lowest BCUT2D eigenvalue weighted by Crippen LogP contribution is -2.15. The zero-order valence-electron chi connectivity index (χ0n) is 23.3. The Morgan fingerprint density at radius 1 is 0.868 bits per heavy atom. The summed E-state index contributed by atoms with van der Waals surface area (Å²) in [7, 11) is 1.34. The molecular formula is C31H40N4O3. The number of anilines is 1. The quantitative estimate of drug-likeness (QED) is 0.261. The van der Waals surface area contributed by atoms with Gasteiger partial charge in [-0.15, -0.1) is 0 Å². The summed E-state index contributed by atoms with van der Waals surface area (Å²) < 4.78 is 10.4. The van der Waals surface area contributed by atoms with Crippen LogP contribution in [0, 0.1) is 6.92 Å². The number of esters is 1. The molecule has 2 aromatic heterocycles. The molecule has 4 aromatic rings. The Morgan fingerprint density at radius 3 is 2.08 bits per heavy atom. The molecule has 0 aliphatic heterocycles. The van der Waals surface area contributed by atoms with Gasteiger partial charge in [-0.3, -0.25) is 9.78 Å². The van der Waals surface area contributed by atoms with Gasteiger partial charge in [0, 0.05) is 23.5 Å². The van der Waals surface area contributed by atoms with Crippen molar-refractivity contribution in [2.45, 2.75) is 47.6 Å². The number of carbonyl (C=O) groups is 1. The minimum absolute atomic E-state index is 0.0548. The number of aromatic nitrogens is 3. The van der Waals surface area contributed by atoms with Gasteiger partial charge in [-0.1, -0.05) is 70.5 Å². The van der Waals surface area contributed by atoms with Crippen molar-refractivity contribution in [1.29, 1.82) is 0 Å². The highest BCUT2D eigenvalue weighted by atomic mass is 16.5. The standard InChI is InChI=1S/C20H19N3O3.C6H7N.C3H8.C2H6/c1-25-20(24)12-21-19-11-18(22-14-23-19)16-7-9-17(10-8-16)26-13-15-5-3-2-4-6-15;1-6-4-2-3-5-7-6;1-3-2;1-2/h2-11,14H,12-13H2,1H3,(H,21,22,23);2-5H,1H3;3H2,1-2H3;1-2H3. The second kappa shape index (κ2) is 19.9. The Labute approximate surface area is 227 Å². The molecule has 1 N–H and O–H groups in total. The van der Waals surface area contributed by atoms with Crippen LogP contribution in [0.1, 0.15) is 45.4 Å². The van der Waals surface area contributed by atoms with Crippen molar-refractivity contribution in [3.05, 3.63) is 103 Å². The van der Waals surface area contributed by atoms with Gasteiger partial charge < -0.3 is 14.8 Å². The fourth-order valence-corrected chi connectivity index (χ4v) is 2.76. The van der Waals surface area contributed by atoms with E-state index in [1.165, 1.54) is 19.9 Å². The van der Waals surface area contributed by atoms with E-state index < -0.39 is 0 Å². The number of ether oxygens (including phenoxy) is 2. The SMILES string of the molecule is CC.CCC.COC(=O)CNc1cc(-c2ccc(OCc3ccccc3)cc2)ncn1.Cc1ccccn1. The minimum atomic E-state index is -0.356. The lowest BCUT2D eigenvalue weighted by molar-refractivity contribution is -0.138. The van der Waals surface area contributed by atoms with Gasteiger partial charge in [0.25, 0.3) is 0 Å². The maximum absolute atomic E-state index is 11.2. The fraction of sp³-hybridized carbons (Fsp3) is 0.290. The lowest BCUT2D eigenvalue weighted by atomic mass is 10.1. The normalized spacial score (nSPS) is 9.21. The number of aryl methyl sites for hydroxylation is 1. The second-order valence-corrected chi connectivity index (χ2v) is 7.70. The van der Waals surface area contributed by atoms with Crippen LogP contribution >= 0.6 is 0 Å². The topological polar surface area (TPSA) is 86.2 Å². The van der Waals surface area contributed by atoms with Crippen molar-refractivity contribution >= 4 is 11.8 Å². The van der Waals surface area contributed by atoms with Crippen LogP contribution in [0.15, 0.2) is 91.4 Å². The summed E-state index contributed by atoms with van der Waals surface area (Å²) in [6.45, 7) is 10.8. The van der Waals surface area contributed by atoms with Gasteiger partial charge in [0.1, 0.15) is 31.0 Å². The maximum atomic E-state index is 11.2. The number of hydrogen-bond acceptors (Lipinski definition) is 7. The summed E-state index contributed by atoms with van der Waals surface area (Å²) in [5.74, 6) is 0.991. The number of benzene rings is 2. The Kier molecular flexibility index (Phi) is 16.6. The van der Waals surface area contributed by atoms with Gasteiger partial charge in [-0.2, -0.15) is 0 Å². The van der Waals surface area contributed by atoms with Crippen molar-refractivity contribution in [2.24, 2.45) is 0 Å². The van der Waals surface area contributed by atoms with Crippen molar-refractivity contribution in [1.82, 2.24) is 15.0 Å². The third-order valence-electron chi connectivity index (χ3n) is 4.52. The highest BCUT2D eigenvalue weighted by Gasteiger charge is 2.05. The predicted octanol–water partition coefficient (Wildman–Crippen LogP) is 7.14. The van der Waals surface area contributed by atoms with Crippen molar-refractivity contribution in [2.75, 3.05) is 19.0 Å². The Hall–Kier alpha value is -4.26. The number of rotatable bonds is 7. The Morgan fingerprint density at radius 2 is 1.53 bits per heavy atom. The van der Waals surface area contributed by atoms with Crippen LogP contribution in [0.5, 0.6) is 5.75 Å². The maximum Gasteiger partial charge on any atom is 0.325 e. The summed E-state index contributed by atoms with van der Waals surface area (Å²) in [6, 6.07) is 25.3. The third-order valence-corrected chi connectivity index (χ3v) is 4.52. The first-order valence-corrected chi connectivity index (χ1v) is 12.8. The number of hydrogen-bond donors (Lipinski definition) is 1. The molecule has 0 spiro atoms. The molecule has 0 atom stereocenters. The van der Waals surface area contributed by atoms with Crippen LogP contribution in [-0.2, 0) is 16.1 Å². The van der Waals surface area contributed by atoms with Gasteiger partial charge in [-0.25, -0.2) is 9.97 Å². The molecule has 7 nitrogen and oxygen atoms in total. The van der Waals surface area contributed by atoms with Crippen LogP contribution in [0.4, 0.5) is 5.82 Å². The predicted molar refractivity (Wildman–Crippen MR) is 155 cm³/mol. The van der Waals surface area contributed by atoms with E-state index in [2.05, 4.69) is 38.9 Å². The second-order valence-electron chi connectivity index (χ2n) is 7.70. The van der Waals surface area contributed by atoms with Crippen molar-refractivity contribution in [3.8, 4) is 17.0 Å². The molecule has 2 aromatic carbocycles. The van der Waals surface area contributed by atoms with E-state index in [4.69, 9.17) is 4.74 Å². The van der Waals surface area contributed by atoms with Crippen LogP contribution in [0.3, 0.4) is 0 Å². The average molecular weight is 517 g/mol. The van der Waals surface area contributed by atoms with Crippen LogP contribution in [-0.4, -0.2) is 34.6 Å². The van der Waals surface area contributed by atoms with E-state index in [0.29, 0.717) is 12.4 Å². The van der Waals surface area contributed by atoms with E-state index in [-0.39, 0.29) is 12.5 Å². The summed E-state index contributed by atoms with van der Waals surface area (Å²) >= 11 is 0. The molecule has 0 saturated carbocycles. The number of methoxy groups -OCH3 is 1. The highest BCUT2D eigenvalue weighted by molar-refractivity contribution is 5.74. The van der Waals surface area contributed by atoms with E-state index in [9.17, 15) is 4.79 Å². The summed E-state index contributed by atoms with van der Waals surface area (Å²) in [5.41, 5.74) is 3.87. The summed E-state index contributed by atoms with van der Waals surface area (Å²) in [6.07, 6.45) is 4.49. The van der Waals surface area contributed by atoms with Crippen LogP contribution in [0.25, 0.3) is 11.3 Å². The Balaban J connectivity index is 0.000000502. The van der Waals surface area contributed by atoms with Crippen molar-refractivity contribution < 1.29 is 14.3 Å². The molecule has 202 valence electrons. The first-order chi connectivity index (χ1) is 18.5. The molecule has 0 fully saturated rings. The summed E-state index contributed by atoms with van der Waals surface area (Å²) in [5, 5.41) is 2.91. The third kappa shape index (κ3) is 13.2. The van der Waals surface area contributed by atoms with Crippen molar-refractivity contribution in [3.63, 3.8) is 0 Å². The van der Waals surface area contributed by atoms with E-state index in [1.54, 1.807) is 12.3 Å². The van der Waals surface area contributed by atoms with Gasteiger partial charge in [0.05, 0.1) is 12.8 Å². The monoisotopic (exact) mass is 516 g/mol. The van der Waals surface area contributed by atoms with E-state index >= 15 is 0 Å². The molecule has 0 amide bonds. The first-order valence-electron chi connectivity index (χ1n) is 12.8. The number of carbonyl (C=O) groups excluding carboxylic acids is 1. The molecule has 2 heterocycles. The van der Waals surface area contributed by atoms with Gasteiger partial charge in [0.15, 0.2) is 0 Å². The smallest absolute Gasteiger partial charge is 0.325 e. The summed E-state index contributed by atoms with van der Waals surface area (Å²) in [4.78, 5) is 23.5. The zero-order valence-corrected chi connectivity index (χ0v) is 23.3. The molecule has 0 aliphatic rings. The minimum Gasteiger partial charge on any atom is -0.489 e. The molecule has 7 heteroatoms. The van der Waals surface area contributed by atoms with Gasteiger partial charge in [-0.05, 0) is 48.9 Å².